The van der Waals surface area contributed by atoms with Gasteiger partial charge in [0.25, 0.3) is 0 Å². The Hall–Kier alpha value is -3.70. The van der Waals surface area contributed by atoms with Crippen molar-refractivity contribution in [2.24, 2.45) is 0 Å². The summed E-state index contributed by atoms with van der Waals surface area (Å²) in [5.74, 6) is 0.220. The van der Waals surface area contributed by atoms with E-state index in [0.717, 1.165) is 40.7 Å². The van der Waals surface area contributed by atoms with Crippen LogP contribution in [0.3, 0.4) is 0 Å². The summed E-state index contributed by atoms with van der Waals surface area (Å²) in [7, 11) is 0. The number of aromatic nitrogens is 1. The molecule has 0 unspecified atom stereocenters. The van der Waals surface area contributed by atoms with Crippen molar-refractivity contribution in [1.82, 2.24) is 10.3 Å². The van der Waals surface area contributed by atoms with Crippen LogP contribution in [-0.2, 0) is 11.3 Å². The van der Waals surface area contributed by atoms with E-state index >= 15 is 0 Å². The topological polar surface area (TPSA) is 65.2 Å². The van der Waals surface area contributed by atoms with Gasteiger partial charge in [-0.25, -0.2) is 0 Å². The van der Waals surface area contributed by atoms with E-state index in [1.54, 1.807) is 6.20 Å². The van der Waals surface area contributed by atoms with Crippen molar-refractivity contribution in [1.29, 1.82) is 0 Å². The molecule has 1 saturated heterocycles. The van der Waals surface area contributed by atoms with E-state index in [9.17, 15) is 9.59 Å². The van der Waals surface area contributed by atoms with E-state index in [0.29, 0.717) is 18.5 Å². The van der Waals surface area contributed by atoms with Crippen LogP contribution >= 0.6 is 0 Å². The smallest absolute Gasteiger partial charge is 0.227 e. The van der Waals surface area contributed by atoms with Gasteiger partial charge < -0.3 is 9.88 Å². The number of nitrogens with zero attached hydrogens (tertiary/aromatic N) is 1. The molecular weight excluding hydrogens is 398 g/mol. The van der Waals surface area contributed by atoms with Crippen LogP contribution in [0.1, 0.15) is 40.4 Å². The molecule has 3 aromatic carbocycles. The fraction of sp³-hybridized carbons (Fsp3) is 0.185. The maximum atomic E-state index is 13.6. The van der Waals surface area contributed by atoms with Gasteiger partial charge in [0.1, 0.15) is 0 Å². The van der Waals surface area contributed by atoms with Crippen molar-refractivity contribution >= 4 is 28.3 Å². The molecule has 0 saturated carbocycles. The third-order valence-electron chi connectivity index (χ3n) is 6.08. The quantitative estimate of drug-likeness (QED) is 0.411. The van der Waals surface area contributed by atoms with Crippen molar-refractivity contribution in [2.75, 3.05) is 11.4 Å². The second kappa shape index (κ2) is 8.81. The van der Waals surface area contributed by atoms with Crippen LogP contribution in [0.2, 0.25) is 0 Å². The van der Waals surface area contributed by atoms with Crippen LogP contribution in [0.5, 0.6) is 0 Å². The van der Waals surface area contributed by atoms with E-state index in [1.807, 2.05) is 83.8 Å². The van der Waals surface area contributed by atoms with E-state index in [1.165, 1.54) is 0 Å². The highest BCUT2D eigenvalue weighted by Crippen LogP contribution is 2.26. The molecule has 1 aromatic heterocycles. The van der Waals surface area contributed by atoms with Gasteiger partial charge in [-0.05, 0) is 35.7 Å². The number of nitrogens with one attached hydrogen (secondary N) is 2. The lowest BCUT2D eigenvalue weighted by Gasteiger charge is -2.19. The minimum atomic E-state index is -0.463. The highest BCUT2D eigenvalue weighted by molar-refractivity contribution is 6.10. The van der Waals surface area contributed by atoms with Crippen molar-refractivity contribution in [3.63, 3.8) is 0 Å². The molecular formula is C27H25N3O2. The number of rotatable bonds is 7. The Bertz CT molecular complexity index is 1240. The molecule has 5 heteroatoms. The van der Waals surface area contributed by atoms with E-state index < -0.39 is 6.04 Å². The first-order chi connectivity index (χ1) is 15.7. The summed E-state index contributed by atoms with van der Waals surface area (Å²) in [6.07, 6.45) is 3.33. The molecule has 2 heterocycles. The second-order valence-electron chi connectivity index (χ2n) is 8.15. The van der Waals surface area contributed by atoms with Gasteiger partial charge in [0.05, 0.1) is 6.04 Å². The summed E-state index contributed by atoms with van der Waals surface area (Å²) in [5, 5.41) is 4.39. The predicted molar refractivity (Wildman–Crippen MR) is 127 cm³/mol. The standard InChI is InChI=1S/C27H25N3O2/c31-25-11-6-16-30(25)21-14-12-19(13-15-21)17-29-26(20-7-2-1-3-8-20)27(32)23-18-28-24-10-5-4-9-22(23)24/h1-5,7-10,12-15,18,26,28-29H,6,11,16-17H2/t26-/m0/s1. The molecule has 1 atom stereocenters. The number of para-hydroxylation sites is 1. The minimum absolute atomic E-state index is 0.0351. The first-order valence-electron chi connectivity index (χ1n) is 11.0. The fourth-order valence-corrected chi connectivity index (χ4v) is 4.37. The van der Waals surface area contributed by atoms with Gasteiger partial charge in [-0.3, -0.25) is 14.9 Å². The Morgan fingerprint density at radius 1 is 0.969 bits per heavy atom. The van der Waals surface area contributed by atoms with E-state index in [4.69, 9.17) is 0 Å². The number of hydrogen-bond donors (Lipinski definition) is 2. The number of anilines is 1. The average molecular weight is 424 g/mol. The molecule has 4 aromatic rings. The number of hydrogen-bond acceptors (Lipinski definition) is 3. The number of aromatic amines is 1. The van der Waals surface area contributed by atoms with Crippen LogP contribution in [-0.4, -0.2) is 23.2 Å². The zero-order valence-corrected chi connectivity index (χ0v) is 17.8. The zero-order chi connectivity index (χ0) is 21.9. The molecule has 5 nitrogen and oxygen atoms in total. The molecule has 0 radical (unpaired) electrons. The molecule has 0 bridgehead atoms. The molecule has 1 amide bonds. The van der Waals surface area contributed by atoms with Crippen molar-refractivity contribution < 1.29 is 9.59 Å². The minimum Gasteiger partial charge on any atom is -0.360 e. The summed E-state index contributed by atoms with van der Waals surface area (Å²) >= 11 is 0. The SMILES string of the molecule is O=C(c1c[nH]c2ccccc12)[C@@H](NCc1ccc(N2CCCC2=O)cc1)c1ccccc1. The fourth-order valence-electron chi connectivity index (χ4n) is 4.37. The van der Waals surface area contributed by atoms with Crippen LogP contribution in [0.15, 0.2) is 85.1 Å². The van der Waals surface area contributed by atoms with Gasteiger partial charge >= 0.3 is 0 Å². The summed E-state index contributed by atoms with van der Waals surface area (Å²) in [6.45, 7) is 1.33. The Kier molecular flexibility index (Phi) is 5.57. The van der Waals surface area contributed by atoms with E-state index in [-0.39, 0.29) is 11.7 Å². The number of carbonyl (C=O) groups excluding carboxylic acids is 2. The van der Waals surface area contributed by atoms with Crippen LogP contribution in [0.4, 0.5) is 5.69 Å². The average Bonchev–Trinajstić information content (AvgIpc) is 3.46. The third-order valence-corrected chi connectivity index (χ3v) is 6.08. The van der Waals surface area contributed by atoms with Gasteiger partial charge in [-0.15, -0.1) is 0 Å². The predicted octanol–water partition coefficient (Wildman–Crippen LogP) is 5.01. The Morgan fingerprint density at radius 2 is 1.72 bits per heavy atom. The van der Waals surface area contributed by atoms with Crippen LogP contribution in [0, 0.1) is 0 Å². The monoisotopic (exact) mass is 423 g/mol. The molecule has 0 aliphatic carbocycles. The largest absolute Gasteiger partial charge is 0.360 e. The van der Waals surface area contributed by atoms with Crippen molar-refractivity contribution in [3.05, 3.63) is 102 Å². The number of Topliss-reactive ketones (excluding diaryl/α,β-unsaturated/α-hetero) is 1. The Balaban J connectivity index is 1.37. The molecule has 0 spiro atoms. The molecule has 5 rings (SSSR count). The number of amides is 1. The number of ketones is 1. The van der Waals surface area contributed by atoms with Gasteiger partial charge in [0, 0.05) is 47.9 Å². The maximum absolute atomic E-state index is 13.6. The zero-order valence-electron chi connectivity index (χ0n) is 17.8. The molecule has 1 fully saturated rings. The summed E-state index contributed by atoms with van der Waals surface area (Å²) in [4.78, 5) is 30.6. The maximum Gasteiger partial charge on any atom is 0.227 e. The molecule has 32 heavy (non-hydrogen) atoms. The first-order valence-corrected chi connectivity index (χ1v) is 11.0. The Labute approximate surface area is 187 Å². The summed E-state index contributed by atoms with van der Waals surface area (Å²) in [5.41, 5.74) is 4.57. The number of H-pyrrole nitrogens is 1. The van der Waals surface area contributed by atoms with Crippen LogP contribution in [0.25, 0.3) is 10.9 Å². The molecule has 160 valence electrons. The summed E-state index contributed by atoms with van der Waals surface area (Å²) in [6, 6.07) is 25.2. The molecule has 1 aliphatic heterocycles. The number of benzene rings is 3. The Morgan fingerprint density at radius 3 is 2.47 bits per heavy atom. The lowest BCUT2D eigenvalue weighted by atomic mass is 9.96. The number of fused-ring (bicyclic) bond motifs is 1. The second-order valence-corrected chi connectivity index (χ2v) is 8.15. The molecule has 1 aliphatic rings. The summed E-state index contributed by atoms with van der Waals surface area (Å²) < 4.78 is 0. The van der Waals surface area contributed by atoms with Gasteiger partial charge in [-0.1, -0.05) is 60.7 Å². The highest BCUT2D eigenvalue weighted by atomic mass is 16.2. The van der Waals surface area contributed by atoms with Gasteiger partial charge in [0.15, 0.2) is 5.78 Å². The first kappa shape index (κ1) is 20.2. The highest BCUT2D eigenvalue weighted by Gasteiger charge is 2.24. The lowest BCUT2D eigenvalue weighted by molar-refractivity contribution is -0.117. The number of carbonyl (C=O) groups is 2. The van der Waals surface area contributed by atoms with Crippen molar-refractivity contribution in [3.8, 4) is 0 Å². The van der Waals surface area contributed by atoms with Gasteiger partial charge in [-0.2, -0.15) is 0 Å². The third kappa shape index (κ3) is 3.95. The van der Waals surface area contributed by atoms with Crippen molar-refractivity contribution in [2.45, 2.75) is 25.4 Å². The van der Waals surface area contributed by atoms with Crippen LogP contribution < -0.4 is 10.2 Å². The van der Waals surface area contributed by atoms with E-state index in [2.05, 4.69) is 10.3 Å². The molecule has 2 N–H and O–H groups in total. The normalized spacial score (nSPS) is 14.8. The van der Waals surface area contributed by atoms with Gasteiger partial charge in [0.2, 0.25) is 5.91 Å². The lowest BCUT2D eigenvalue weighted by Crippen LogP contribution is -2.28.